The Morgan fingerprint density at radius 2 is 1.59 bits per heavy atom. The van der Waals surface area contributed by atoms with Gasteiger partial charge in [0.15, 0.2) is 0 Å². The normalized spacial score (nSPS) is 17.6. The molecule has 2 N–H and O–H groups in total. The maximum Gasteiger partial charge on any atom is 0.237 e. The molecule has 5 rings (SSSR count). The van der Waals surface area contributed by atoms with Crippen molar-refractivity contribution >= 4 is 16.7 Å². The van der Waals surface area contributed by atoms with E-state index in [1.807, 2.05) is 30.3 Å². The van der Waals surface area contributed by atoms with E-state index in [1.54, 1.807) is 7.11 Å². The zero-order chi connectivity index (χ0) is 25.5. The number of rotatable bonds is 10. The smallest absolute Gasteiger partial charge is 0.237 e. The number of amides is 1. The number of methoxy groups -OCH3 is 1. The predicted octanol–water partition coefficient (Wildman–Crippen LogP) is 4.94. The zero-order valence-electron chi connectivity index (χ0n) is 21.4. The van der Waals surface area contributed by atoms with Crippen molar-refractivity contribution < 1.29 is 9.53 Å². The van der Waals surface area contributed by atoms with Crippen LogP contribution in [0, 0.1) is 0 Å². The fourth-order valence-electron chi connectivity index (χ4n) is 5.17. The molecule has 1 heterocycles. The molecule has 2 atom stereocenters. The molecule has 0 aromatic heterocycles. The van der Waals surface area contributed by atoms with E-state index in [0.29, 0.717) is 6.54 Å². The molecule has 4 aromatic carbocycles. The number of benzene rings is 4. The quantitative estimate of drug-likeness (QED) is 0.329. The summed E-state index contributed by atoms with van der Waals surface area (Å²) in [5.74, 6) is 0.976. The topological polar surface area (TPSA) is 53.6 Å². The van der Waals surface area contributed by atoms with E-state index in [9.17, 15) is 4.79 Å². The van der Waals surface area contributed by atoms with Crippen molar-refractivity contribution in [1.82, 2.24) is 15.5 Å². The lowest BCUT2D eigenvalue weighted by Crippen LogP contribution is -2.43. The molecular weight excluding hydrogens is 458 g/mol. The fourth-order valence-corrected chi connectivity index (χ4v) is 5.17. The van der Waals surface area contributed by atoms with Crippen molar-refractivity contribution in [2.45, 2.75) is 38.0 Å². The van der Waals surface area contributed by atoms with Crippen LogP contribution < -0.4 is 15.4 Å². The van der Waals surface area contributed by atoms with Gasteiger partial charge < -0.3 is 15.4 Å². The van der Waals surface area contributed by atoms with E-state index in [0.717, 1.165) is 38.2 Å². The van der Waals surface area contributed by atoms with Crippen molar-refractivity contribution in [2.75, 3.05) is 20.2 Å². The van der Waals surface area contributed by atoms with Gasteiger partial charge >= 0.3 is 0 Å². The van der Waals surface area contributed by atoms with Crippen LogP contribution in [0.5, 0.6) is 5.75 Å². The Hall–Kier alpha value is -3.67. The first-order chi connectivity index (χ1) is 18.2. The molecule has 5 heteroatoms. The van der Waals surface area contributed by atoms with Gasteiger partial charge in [0.05, 0.1) is 13.2 Å². The molecule has 0 radical (unpaired) electrons. The standard InChI is InChI=1S/C32H35N3O2/c1-37-30-15-12-25(13-16-30)21-34-29-20-31(32(36)33-18-17-24-7-3-2-4-8-24)35(23-29)22-26-11-14-27-9-5-6-10-28(27)19-26/h2-16,19,29,31,34H,17-18,20-23H2,1H3,(H,33,36)/t29-,31-/m0/s1. The van der Waals surface area contributed by atoms with Crippen molar-refractivity contribution in [3.8, 4) is 5.75 Å². The van der Waals surface area contributed by atoms with Crippen LogP contribution in [0.2, 0.25) is 0 Å². The van der Waals surface area contributed by atoms with E-state index in [1.165, 1.54) is 27.5 Å². The Bertz CT molecular complexity index is 1310. The summed E-state index contributed by atoms with van der Waals surface area (Å²) in [6.45, 7) is 3.00. The highest BCUT2D eigenvalue weighted by Gasteiger charge is 2.36. The molecule has 1 aliphatic rings. The van der Waals surface area contributed by atoms with Crippen LogP contribution >= 0.6 is 0 Å². The Morgan fingerprint density at radius 1 is 0.865 bits per heavy atom. The van der Waals surface area contributed by atoms with Crippen molar-refractivity contribution in [1.29, 1.82) is 0 Å². The molecule has 0 unspecified atom stereocenters. The number of carbonyl (C=O) groups excluding carboxylic acids is 1. The summed E-state index contributed by atoms with van der Waals surface area (Å²) >= 11 is 0. The molecule has 37 heavy (non-hydrogen) atoms. The van der Waals surface area contributed by atoms with Gasteiger partial charge in [-0.2, -0.15) is 0 Å². The highest BCUT2D eigenvalue weighted by molar-refractivity contribution is 5.83. The first-order valence-corrected chi connectivity index (χ1v) is 13.1. The molecule has 1 aliphatic heterocycles. The van der Waals surface area contributed by atoms with E-state index in [4.69, 9.17) is 4.74 Å². The van der Waals surface area contributed by atoms with Gasteiger partial charge in [-0.05, 0) is 58.5 Å². The summed E-state index contributed by atoms with van der Waals surface area (Å²) in [5, 5.41) is 9.36. The SMILES string of the molecule is COc1ccc(CN[C@H]2C[C@@H](C(=O)NCCc3ccccc3)N(Cc3ccc4ccccc4c3)C2)cc1. The summed E-state index contributed by atoms with van der Waals surface area (Å²) < 4.78 is 5.27. The summed E-state index contributed by atoms with van der Waals surface area (Å²) in [5.41, 5.74) is 3.68. The van der Waals surface area contributed by atoms with Crippen LogP contribution in [0.1, 0.15) is 23.1 Å². The van der Waals surface area contributed by atoms with Gasteiger partial charge in [-0.25, -0.2) is 0 Å². The molecule has 0 saturated carbocycles. The second kappa shape index (κ2) is 12.0. The number of fused-ring (bicyclic) bond motifs is 1. The Kier molecular flexibility index (Phi) is 8.14. The highest BCUT2D eigenvalue weighted by Crippen LogP contribution is 2.24. The summed E-state index contributed by atoms with van der Waals surface area (Å²) in [6, 6.07) is 33.6. The second-order valence-corrected chi connectivity index (χ2v) is 9.81. The maximum absolute atomic E-state index is 13.3. The van der Waals surface area contributed by atoms with Gasteiger partial charge in [0.2, 0.25) is 5.91 Å². The lowest BCUT2D eigenvalue weighted by molar-refractivity contribution is -0.125. The van der Waals surface area contributed by atoms with Crippen LogP contribution in [0.25, 0.3) is 10.8 Å². The number of carbonyl (C=O) groups is 1. The molecular formula is C32H35N3O2. The zero-order valence-corrected chi connectivity index (χ0v) is 21.4. The van der Waals surface area contributed by atoms with E-state index >= 15 is 0 Å². The minimum absolute atomic E-state index is 0.116. The van der Waals surface area contributed by atoms with Gasteiger partial charge in [0.1, 0.15) is 5.75 Å². The highest BCUT2D eigenvalue weighted by atomic mass is 16.5. The monoisotopic (exact) mass is 493 g/mol. The third kappa shape index (κ3) is 6.56. The van der Waals surface area contributed by atoms with Crippen molar-refractivity contribution in [3.63, 3.8) is 0 Å². The molecule has 0 spiro atoms. The minimum Gasteiger partial charge on any atom is -0.497 e. The third-order valence-electron chi connectivity index (χ3n) is 7.22. The number of likely N-dealkylation sites (tertiary alicyclic amines) is 1. The maximum atomic E-state index is 13.3. The molecule has 0 aliphatic carbocycles. The molecule has 4 aromatic rings. The van der Waals surface area contributed by atoms with Crippen LogP contribution in [0.15, 0.2) is 97.1 Å². The molecule has 1 amide bonds. The van der Waals surface area contributed by atoms with Crippen molar-refractivity contribution in [3.05, 3.63) is 114 Å². The number of hydrogen-bond acceptors (Lipinski definition) is 4. The molecule has 1 saturated heterocycles. The predicted molar refractivity (Wildman–Crippen MR) is 150 cm³/mol. The Balaban J connectivity index is 1.25. The van der Waals surface area contributed by atoms with E-state index in [2.05, 4.69) is 82.3 Å². The fraction of sp³-hybridized carbons (Fsp3) is 0.281. The summed E-state index contributed by atoms with van der Waals surface area (Å²) in [4.78, 5) is 15.7. The average molecular weight is 494 g/mol. The van der Waals surface area contributed by atoms with E-state index < -0.39 is 0 Å². The molecule has 0 bridgehead atoms. The first-order valence-electron chi connectivity index (χ1n) is 13.1. The minimum atomic E-state index is -0.157. The van der Waals surface area contributed by atoms with Gasteiger partial charge in [-0.1, -0.05) is 78.9 Å². The van der Waals surface area contributed by atoms with Gasteiger partial charge in [-0.3, -0.25) is 9.69 Å². The Labute approximate surface area is 219 Å². The molecule has 5 nitrogen and oxygen atoms in total. The van der Waals surface area contributed by atoms with Crippen LogP contribution in [0.4, 0.5) is 0 Å². The summed E-state index contributed by atoms with van der Waals surface area (Å²) in [6.07, 6.45) is 1.63. The number of hydrogen-bond donors (Lipinski definition) is 2. The molecule has 190 valence electrons. The molecule has 1 fully saturated rings. The lowest BCUT2D eigenvalue weighted by Gasteiger charge is -2.24. The van der Waals surface area contributed by atoms with Crippen LogP contribution in [-0.4, -0.2) is 43.1 Å². The van der Waals surface area contributed by atoms with Crippen LogP contribution in [-0.2, 0) is 24.3 Å². The largest absolute Gasteiger partial charge is 0.497 e. The summed E-state index contributed by atoms with van der Waals surface area (Å²) in [7, 11) is 1.68. The van der Waals surface area contributed by atoms with Gasteiger partial charge in [0, 0.05) is 32.2 Å². The number of ether oxygens (including phenoxy) is 1. The second-order valence-electron chi connectivity index (χ2n) is 9.81. The third-order valence-corrected chi connectivity index (χ3v) is 7.22. The van der Waals surface area contributed by atoms with Crippen LogP contribution in [0.3, 0.4) is 0 Å². The average Bonchev–Trinajstić information content (AvgIpc) is 3.35. The van der Waals surface area contributed by atoms with Gasteiger partial charge in [0.25, 0.3) is 0 Å². The van der Waals surface area contributed by atoms with Gasteiger partial charge in [-0.15, -0.1) is 0 Å². The van der Waals surface area contributed by atoms with Crippen molar-refractivity contribution in [2.24, 2.45) is 0 Å². The lowest BCUT2D eigenvalue weighted by atomic mass is 10.1. The number of nitrogens with one attached hydrogen (secondary N) is 2. The Morgan fingerprint density at radius 3 is 2.38 bits per heavy atom. The number of nitrogens with zero attached hydrogens (tertiary/aromatic N) is 1. The first kappa shape index (κ1) is 25.0. The van der Waals surface area contributed by atoms with E-state index in [-0.39, 0.29) is 18.0 Å².